The highest BCUT2D eigenvalue weighted by Gasteiger charge is 2.27. The van der Waals surface area contributed by atoms with E-state index >= 15 is 0 Å². The molecule has 0 saturated carbocycles. The van der Waals surface area contributed by atoms with Gasteiger partial charge in [-0.15, -0.1) is 0 Å². The number of sulfonamides is 1. The van der Waals surface area contributed by atoms with Crippen LogP contribution in [0.2, 0.25) is 10.0 Å². The number of rotatable bonds is 9. The van der Waals surface area contributed by atoms with Gasteiger partial charge in [0.25, 0.3) is 0 Å². The molecule has 3 aromatic rings. The maximum atomic E-state index is 13.1. The maximum Gasteiger partial charge on any atom is 0.242 e. The summed E-state index contributed by atoms with van der Waals surface area (Å²) in [4.78, 5) is 13.1. The van der Waals surface area contributed by atoms with E-state index in [9.17, 15) is 13.2 Å². The summed E-state index contributed by atoms with van der Waals surface area (Å²) < 4.78 is 33.9. The van der Waals surface area contributed by atoms with E-state index in [-0.39, 0.29) is 16.3 Å². The lowest BCUT2D eigenvalue weighted by Gasteiger charge is -2.19. The second-order valence-electron chi connectivity index (χ2n) is 6.88. The van der Waals surface area contributed by atoms with E-state index in [1.165, 1.54) is 18.2 Å². The van der Waals surface area contributed by atoms with Gasteiger partial charge in [-0.05, 0) is 61.4 Å². The van der Waals surface area contributed by atoms with Crippen LogP contribution in [0.25, 0.3) is 0 Å². The van der Waals surface area contributed by atoms with Crippen LogP contribution in [0.5, 0.6) is 5.75 Å². The van der Waals surface area contributed by atoms with Crippen LogP contribution in [0.3, 0.4) is 0 Å². The van der Waals surface area contributed by atoms with Crippen LogP contribution in [0.1, 0.15) is 12.5 Å². The van der Waals surface area contributed by atoms with Crippen LogP contribution in [-0.2, 0) is 21.2 Å². The minimum Gasteiger partial charge on any atom is -0.494 e. The number of halogens is 2. The molecule has 0 heterocycles. The third-order valence-corrected chi connectivity index (χ3v) is 6.58. The highest BCUT2D eigenvalue weighted by molar-refractivity contribution is 7.89. The molecule has 0 fully saturated rings. The summed E-state index contributed by atoms with van der Waals surface area (Å²) in [6, 6.07) is 18.7. The quantitative estimate of drug-likeness (QED) is 0.443. The van der Waals surface area contributed by atoms with Gasteiger partial charge in [0.1, 0.15) is 11.8 Å². The Labute approximate surface area is 197 Å². The third kappa shape index (κ3) is 6.46. The van der Waals surface area contributed by atoms with Crippen molar-refractivity contribution in [3.8, 4) is 5.75 Å². The van der Waals surface area contributed by atoms with Crippen LogP contribution in [-0.4, -0.2) is 27.0 Å². The van der Waals surface area contributed by atoms with Crippen LogP contribution >= 0.6 is 23.2 Å². The van der Waals surface area contributed by atoms with Gasteiger partial charge in [0, 0.05) is 5.02 Å². The SMILES string of the molecule is CCOc1ccc(S(=O)(=O)NC(Cc2ccccc2)C(=O)Nc2cc(Cl)ccc2Cl)cc1. The maximum absolute atomic E-state index is 13.1. The zero-order valence-corrected chi connectivity index (χ0v) is 19.5. The van der Waals surface area contributed by atoms with Gasteiger partial charge in [-0.25, -0.2) is 8.42 Å². The normalized spacial score (nSPS) is 12.2. The summed E-state index contributed by atoms with van der Waals surface area (Å²) in [6.07, 6.45) is 0.140. The van der Waals surface area contributed by atoms with Gasteiger partial charge >= 0.3 is 0 Å². The molecule has 0 spiro atoms. The van der Waals surface area contributed by atoms with Gasteiger partial charge in [-0.1, -0.05) is 53.5 Å². The molecule has 1 atom stereocenters. The van der Waals surface area contributed by atoms with Crippen molar-refractivity contribution in [1.29, 1.82) is 0 Å². The summed E-state index contributed by atoms with van der Waals surface area (Å²) in [5.41, 5.74) is 1.08. The predicted octanol–water partition coefficient (Wildman–Crippen LogP) is 4.92. The number of nitrogens with one attached hydrogen (secondary N) is 2. The van der Waals surface area contributed by atoms with Crippen molar-refractivity contribution in [2.75, 3.05) is 11.9 Å². The van der Waals surface area contributed by atoms with Gasteiger partial charge < -0.3 is 10.1 Å². The van der Waals surface area contributed by atoms with Gasteiger partial charge in [0.2, 0.25) is 15.9 Å². The summed E-state index contributed by atoms with van der Waals surface area (Å²) in [5, 5.41) is 3.34. The first-order valence-corrected chi connectivity index (χ1v) is 12.1. The van der Waals surface area contributed by atoms with Crippen molar-refractivity contribution in [3.63, 3.8) is 0 Å². The molecular formula is C23H22Cl2N2O4S. The molecule has 1 amide bonds. The summed E-state index contributed by atoms with van der Waals surface area (Å²) >= 11 is 12.2. The van der Waals surface area contributed by atoms with E-state index in [2.05, 4.69) is 10.0 Å². The lowest BCUT2D eigenvalue weighted by atomic mass is 10.1. The highest BCUT2D eigenvalue weighted by Crippen LogP contribution is 2.26. The van der Waals surface area contributed by atoms with Crippen LogP contribution in [0.15, 0.2) is 77.7 Å². The molecule has 2 N–H and O–H groups in total. The standard InChI is InChI=1S/C23H22Cl2N2O4S/c1-2-31-18-9-11-19(12-10-18)32(29,30)27-22(14-16-6-4-3-5-7-16)23(28)26-21-15-17(24)8-13-20(21)25/h3-13,15,22,27H,2,14H2,1H3,(H,26,28). The lowest BCUT2D eigenvalue weighted by molar-refractivity contribution is -0.117. The van der Waals surface area contributed by atoms with Gasteiger partial charge in [-0.3, -0.25) is 4.79 Å². The smallest absolute Gasteiger partial charge is 0.242 e. The zero-order chi connectivity index (χ0) is 23.1. The molecule has 0 aliphatic heterocycles. The highest BCUT2D eigenvalue weighted by atomic mass is 35.5. The first-order valence-electron chi connectivity index (χ1n) is 9.83. The minimum atomic E-state index is -3.99. The molecule has 3 aromatic carbocycles. The number of carbonyl (C=O) groups is 1. The Bertz CT molecular complexity index is 1170. The van der Waals surface area contributed by atoms with E-state index in [4.69, 9.17) is 27.9 Å². The van der Waals surface area contributed by atoms with Crippen molar-refractivity contribution in [1.82, 2.24) is 4.72 Å². The number of benzene rings is 3. The lowest BCUT2D eigenvalue weighted by Crippen LogP contribution is -2.45. The Morgan fingerprint density at radius 1 is 1.00 bits per heavy atom. The average Bonchev–Trinajstić information content (AvgIpc) is 2.77. The molecule has 1 unspecified atom stereocenters. The average molecular weight is 493 g/mol. The molecule has 0 aliphatic rings. The number of carbonyl (C=O) groups excluding carboxylic acids is 1. The second kappa shape index (κ2) is 10.8. The van der Waals surface area contributed by atoms with Gasteiger partial charge in [-0.2, -0.15) is 4.72 Å². The molecule has 6 nitrogen and oxygen atoms in total. The summed E-state index contributed by atoms with van der Waals surface area (Å²) in [6.45, 7) is 2.31. The Kier molecular flexibility index (Phi) is 8.15. The first-order chi connectivity index (χ1) is 15.3. The Morgan fingerprint density at radius 3 is 2.34 bits per heavy atom. The van der Waals surface area contributed by atoms with Crippen molar-refractivity contribution in [2.24, 2.45) is 0 Å². The van der Waals surface area contributed by atoms with Crippen molar-refractivity contribution >= 4 is 44.8 Å². The molecule has 3 rings (SSSR count). The molecule has 9 heteroatoms. The predicted molar refractivity (Wildman–Crippen MR) is 127 cm³/mol. The number of amides is 1. The van der Waals surface area contributed by atoms with Crippen LogP contribution in [0, 0.1) is 0 Å². The topological polar surface area (TPSA) is 84.5 Å². The molecule has 0 radical (unpaired) electrons. The summed E-state index contributed by atoms with van der Waals surface area (Å²) in [5.74, 6) is -0.00634. The Hall–Kier alpha value is -2.58. The molecule has 32 heavy (non-hydrogen) atoms. The monoisotopic (exact) mass is 492 g/mol. The molecule has 0 aromatic heterocycles. The fraction of sp³-hybridized carbons (Fsp3) is 0.174. The molecule has 0 bridgehead atoms. The number of hydrogen-bond acceptors (Lipinski definition) is 4. The van der Waals surface area contributed by atoms with Crippen molar-refractivity contribution in [2.45, 2.75) is 24.3 Å². The van der Waals surface area contributed by atoms with Crippen LogP contribution < -0.4 is 14.8 Å². The zero-order valence-electron chi connectivity index (χ0n) is 17.2. The largest absolute Gasteiger partial charge is 0.494 e. The molecule has 0 aliphatic carbocycles. The Morgan fingerprint density at radius 2 is 1.69 bits per heavy atom. The van der Waals surface area contributed by atoms with Gasteiger partial charge in [0.05, 0.1) is 22.2 Å². The van der Waals surface area contributed by atoms with E-state index in [0.717, 1.165) is 5.56 Å². The van der Waals surface area contributed by atoms with Gasteiger partial charge in [0.15, 0.2) is 0 Å². The van der Waals surface area contributed by atoms with E-state index in [0.29, 0.717) is 23.1 Å². The fourth-order valence-electron chi connectivity index (χ4n) is 2.99. The number of ether oxygens (including phenoxy) is 1. The van der Waals surface area contributed by atoms with Crippen molar-refractivity contribution in [3.05, 3.63) is 88.4 Å². The Balaban J connectivity index is 1.86. The minimum absolute atomic E-state index is 0.0209. The summed E-state index contributed by atoms with van der Waals surface area (Å²) in [7, 11) is -3.99. The van der Waals surface area contributed by atoms with E-state index in [1.54, 1.807) is 24.3 Å². The molecular weight excluding hydrogens is 471 g/mol. The molecule has 0 saturated heterocycles. The molecule has 168 valence electrons. The fourth-order valence-corrected chi connectivity index (χ4v) is 4.52. The van der Waals surface area contributed by atoms with E-state index in [1.807, 2.05) is 37.3 Å². The number of anilines is 1. The van der Waals surface area contributed by atoms with Crippen LogP contribution in [0.4, 0.5) is 5.69 Å². The van der Waals surface area contributed by atoms with Crippen molar-refractivity contribution < 1.29 is 17.9 Å². The third-order valence-electron chi connectivity index (χ3n) is 4.53. The first kappa shape index (κ1) is 24.1. The van der Waals surface area contributed by atoms with E-state index < -0.39 is 22.0 Å². The second-order valence-corrected chi connectivity index (χ2v) is 9.44. The number of hydrogen-bond donors (Lipinski definition) is 2.